The summed E-state index contributed by atoms with van der Waals surface area (Å²) in [6.45, 7) is 1.17. The van der Waals surface area contributed by atoms with Gasteiger partial charge >= 0.3 is 0 Å². The Morgan fingerprint density at radius 1 is 0.909 bits per heavy atom. The Balaban J connectivity index is 1.75. The maximum atomic E-state index is 5.58. The van der Waals surface area contributed by atoms with E-state index >= 15 is 0 Å². The largest absolute Gasteiger partial charge is 0.491 e. The molecule has 0 aliphatic heterocycles. The van der Waals surface area contributed by atoms with Crippen LogP contribution in [0.5, 0.6) is 5.75 Å². The van der Waals surface area contributed by atoms with Crippen LogP contribution >= 0.6 is 0 Å². The molecular formula is C19H19NO2. The van der Waals surface area contributed by atoms with Gasteiger partial charge in [-0.25, -0.2) is 0 Å². The molecule has 0 fully saturated rings. The first-order valence-electron chi connectivity index (χ1n) is 7.40. The molecule has 1 aromatic heterocycles. The summed E-state index contributed by atoms with van der Waals surface area (Å²) in [7, 11) is 1.67. The van der Waals surface area contributed by atoms with Crippen LogP contribution in [0.3, 0.4) is 0 Å². The zero-order valence-electron chi connectivity index (χ0n) is 12.7. The van der Waals surface area contributed by atoms with Crippen molar-refractivity contribution in [2.24, 2.45) is 0 Å². The molecule has 0 aliphatic rings. The maximum Gasteiger partial charge on any atom is 0.119 e. The van der Waals surface area contributed by atoms with Crippen molar-refractivity contribution in [1.82, 2.24) is 4.98 Å². The van der Waals surface area contributed by atoms with Gasteiger partial charge in [0, 0.05) is 25.1 Å². The van der Waals surface area contributed by atoms with Gasteiger partial charge in [0.05, 0.1) is 12.3 Å². The van der Waals surface area contributed by atoms with Crippen molar-refractivity contribution in [3.8, 4) is 5.75 Å². The number of methoxy groups -OCH3 is 1. The Morgan fingerprint density at radius 3 is 2.55 bits per heavy atom. The smallest absolute Gasteiger partial charge is 0.119 e. The second kappa shape index (κ2) is 7.05. The zero-order chi connectivity index (χ0) is 15.2. The molecular weight excluding hydrogens is 274 g/mol. The van der Waals surface area contributed by atoms with E-state index in [1.54, 1.807) is 7.11 Å². The summed E-state index contributed by atoms with van der Waals surface area (Å²) < 4.78 is 10.6. The molecule has 0 saturated carbocycles. The van der Waals surface area contributed by atoms with Crippen LogP contribution in [0.1, 0.15) is 11.3 Å². The minimum absolute atomic E-state index is 0.570. The lowest BCUT2D eigenvalue weighted by molar-refractivity contribution is 0.146. The Kier molecular flexibility index (Phi) is 4.66. The monoisotopic (exact) mass is 293 g/mol. The Hall–Kier alpha value is -2.39. The molecule has 0 unspecified atom stereocenters. The van der Waals surface area contributed by atoms with E-state index in [1.807, 2.05) is 24.4 Å². The molecule has 0 N–H and O–H groups in total. The number of hydrogen-bond donors (Lipinski definition) is 0. The van der Waals surface area contributed by atoms with Crippen molar-refractivity contribution in [2.45, 2.75) is 6.42 Å². The third kappa shape index (κ3) is 3.43. The second-order valence-corrected chi connectivity index (χ2v) is 5.14. The van der Waals surface area contributed by atoms with E-state index < -0.39 is 0 Å². The molecule has 0 atom stereocenters. The highest BCUT2D eigenvalue weighted by Gasteiger charge is 2.04. The van der Waals surface area contributed by atoms with Crippen molar-refractivity contribution >= 4 is 10.8 Å². The molecule has 3 nitrogen and oxygen atoms in total. The third-order valence-electron chi connectivity index (χ3n) is 3.61. The van der Waals surface area contributed by atoms with Crippen LogP contribution in [0.15, 0.2) is 60.8 Å². The first kappa shape index (κ1) is 14.5. The summed E-state index contributed by atoms with van der Waals surface area (Å²) in [6, 6.07) is 18.6. The van der Waals surface area contributed by atoms with Gasteiger partial charge in [-0.15, -0.1) is 0 Å². The van der Waals surface area contributed by atoms with Crippen LogP contribution in [0.2, 0.25) is 0 Å². The summed E-state index contributed by atoms with van der Waals surface area (Å²) >= 11 is 0. The van der Waals surface area contributed by atoms with E-state index in [2.05, 4.69) is 41.4 Å². The highest BCUT2D eigenvalue weighted by molar-refractivity contribution is 5.84. The second-order valence-electron chi connectivity index (χ2n) is 5.14. The minimum Gasteiger partial charge on any atom is -0.491 e. The average Bonchev–Trinajstić information content (AvgIpc) is 2.57. The fraction of sp³-hybridized carbons (Fsp3) is 0.211. The van der Waals surface area contributed by atoms with Gasteiger partial charge in [-0.2, -0.15) is 0 Å². The molecule has 0 radical (unpaired) electrons. The van der Waals surface area contributed by atoms with Crippen molar-refractivity contribution in [3.63, 3.8) is 0 Å². The topological polar surface area (TPSA) is 31.4 Å². The molecule has 112 valence electrons. The fourth-order valence-corrected chi connectivity index (χ4v) is 2.46. The average molecular weight is 293 g/mol. The SMILES string of the molecule is COCCOc1ccc(Cc2nccc3ccccc23)cc1. The van der Waals surface area contributed by atoms with Gasteiger partial charge in [0.1, 0.15) is 12.4 Å². The van der Waals surface area contributed by atoms with Crippen molar-refractivity contribution < 1.29 is 9.47 Å². The summed E-state index contributed by atoms with van der Waals surface area (Å²) in [5, 5.41) is 2.44. The summed E-state index contributed by atoms with van der Waals surface area (Å²) in [5.41, 5.74) is 2.33. The normalized spacial score (nSPS) is 10.8. The van der Waals surface area contributed by atoms with E-state index in [-0.39, 0.29) is 0 Å². The van der Waals surface area contributed by atoms with Gasteiger partial charge in [0.15, 0.2) is 0 Å². The molecule has 0 bridgehead atoms. The number of fused-ring (bicyclic) bond motifs is 1. The van der Waals surface area contributed by atoms with Gasteiger partial charge in [0.25, 0.3) is 0 Å². The number of pyridine rings is 1. The molecule has 0 aliphatic carbocycles. The number of hydrogen-bond acceptors (Lipinski definition) is 3. The van der Waals surface area contributed by atoms with Crippen molar-refractivity contribution in [3.05, 3.63) is 72.1 Å². The van der Waals surface area contributed by atoms with Gasteiger partial charge < -0.3 is 9.47 Å². The summed E-state index contributed by atoms with van der Waals surface area (Å²) in [6.07, 6.45) is 2.69. The highest BCUT2D eigenvalue weighted by atomic mass is 16.5. The predicted molar refractivity (Wildman–Crippen MR) is 88.4 cm³/mol. The number of ether oxygens (including phenoxy) is 2. The van der Waals surface area contributed by atoms with E-state index in [9.17, 15) is 0 Å². The van der Waals surface area contributed by atoms with Crippen molar-refractivity contribution in [1.29, 1.82) is 0 Å². The molecule has 2 aromatic carbocycles. The highest BCUT2D eigenvalue weighted by Crippen LogP contribution is 2.20. The number of nitrogens with zero attached hydrogens (tertiary/aromatic N) is 1. The van der Waals surface area contributed by atoms with E-state index in [0.29, 0.717) is 13.2 Å². The number of benzene rings is 2. The summed E-state index contributed by atoms with van der Waals surface area (Å²) in [5.74, 6) is 0.867. The molecule has 0 saturated heterocycles. The quantitative estimate of drug-likeness (QED) is 0.647. The minimum atomic E-state index is 0.570. The number of rotatable bonds is 6. The molecule has 0 amide bonds. The van der Waals surface area contributed by atoms with E-state index in [0.717, 1.165) is 17.9 Å². The lowest BCUT2D eigenvalue weighted by Gasteiger charge is -2.08. The summed E-state index contributed by atoms with van der Waals surface area (Å²) in [4.78, 5) is 4.54. The maximum absolute atomic E-state index is 5.58. The van der Waals surface area contributed by atoms with Gasteiger partial charge in [-0.05, 0) is 29.1 Å². The van der Waals surface area contributed by atoms with Crippen LogP contribution < -0.4 is 4.74 Å². The molecule has 3 rings (SSSR count). The standard InChI is InChI=1S/C19H19NO2/c1-21-12-13-22-17-8-6-15(7-9-17)14-19-18-5-3-2-4-16(18)10-11-20-19/h2-11H,12-14H2,1H3. The lowest BCUT2D eigenvalue weighted by atomic mass is 10.0. The fourth-order valence-electron chi connectivity index (χ4n) is 2.46. The molecule has 1 heterocycles. The lowest BCUT2D eigenvalue weighted by Crippen LogP contribution is -2.04. The van der Waals surface area contributed by atoms with Crippen LogP contribution in [0.25, 0.3) is 10.8 Å². The molecule has 0 spiro atoms. The zero-order valence-corrected chi connectivity index (χ0v) is 12.7. The predicted octanol–water partition coefficient (Wildman–Crippen LogP) is 3.85. The Labute approximate surface area is 130 Å². The number of aromatic nitrogens is 1. The molecule has 3 heteroatoms. The Bertz CT molecular complexity index is 733. The molecule has 22 heavy (non-hydrogen) atoms. The van der Waals surface area contributed by atoms with E-state index in [1.165, 1.54) is 16.3 Å². The first-order chi connectivity index (χ1) is 10.9. The van der Waals surface area contributed by atoms with E-state index in [4.69, 9.17) is 9.47 Å². The van der Waals surface area contributed by atoms with Crippen LogP contribution in [-0.4, -0.2) is 25.3 Å². The van der Waals surface area contributed by atoms with Crippen molar-refractivity contribution in [2.75, 3.05) is 20.3 Å². The Morgan fingerprint density at radius 2 is 1.73 bits per heavy atom. The van der Waals surface area contributed by atoms with Crippen LogP contribution in [-0.2, 0) is 11.2 Å². The van der Waals surface area contributed by atoms with Crippen LogP contribution in [0.4, 0.5) is 0 Å². The molecule has 3 aromatic rings. The van der Waals surface area contributed by atoms with Crippen LogP contribution in [0, 0.1) is 0 Å². The third-order valence-corrected chi connectivity index (χ3v) is 3.61. The first-order valence-corrected chi connectivity index (χ1v) is 7.40. The van der Waals surface area contributed by atoms with Gasteiger partial charge in [-0.3, -0.25) is 4.98 Å². The van der Waals surface area contributed by atoms with Gasteiger partial charge in [0.2, 0.25) is 0 Å². The van der Waals surface area contributed by atoms with Gasteiger partial charge in [-0.1, -0.05) is 36.4 Å².